The average molecular weight is 716 g/mol. The van der Waals surface area contributed by atoms with Crippen LogP contribution in [0.4, 0.5) is 11.4 Å². The number of methoxy groups -OCH3 is 3. The lowest BCUT2D eigenvalue weighted by Gasteiger charge is -2.18. The van der Waals surface area contributed by atoms with Crippen LogP contribution >= 0.6 is 11.8 Å². The van der Waals surface area contributed by atoms with Crippen molar-refractivity contribution in [1.82, 2.24) is 5.32 Å². The van der Waals surface area contributed by atoms with Gasteiger partial charge in [-0.3, -0.25) is 14.4 Å². The number of benzene rings is 5. The van der Waals surface area contributed by atoms with Gasteiger partial charge in [-0.2, -0.15) is 0 Å². The Morgan fingerprint density at radius 3 is 1.90 bits per heavy atom. The van der Waals surface area contributed by atoms with Crippen molar-refractivity contribution in [3.63, 3.8) is 0 Å². The lowest BCUT2D eigenvalue weighted by Crippen LogP contribution is -2.30. The van der Waals surface area contributed by atoms with E-state index >= 15 is 0 Å². The molecule has 0 radical (unpaired) electrons. The lowest BCUT2D eigenvalue weighted by molar-refractivity contribution is -0.116. The first kappa shape index (κ1) is 37.3. The minimum Gasteiger partial charge on any atom is -0.496 e. The van der Waals surface area contributed by atoms with E-state index in [9.17, 15) is 14.4 Å². The smallest absolute Gasteiger partial charge is 0.272 e. The molecule has 10 heteroatoms. The van der Waals surface area contributed by atoms with E-state index in [2.05, 4.69) is 29.8 Å². The Balaban J connectivity index is 1.42. The largest absolute Gasteiger partial charge is 0.496 e. The summed E-state index contributed by atoms with van der Waals surface area (Å²) in [5.74, 6) is 0.407. The quantitative estimate of drug-likeness (QED) is 0.0778. The number of carbonyl (C=O) groups is 3. The van der Waals surface area contributed by atoms with Gasteiger partial charge in [-0.05, 0) is 71.7 Å². The number of hydrogen-bond donors (Lipinski definition) is 3. The van der Waals surface area contributed by atoms with Gasteiger partial charge >= 0.3 is 0 Å². The van der Waals surface area contributed by atoms with E-state index in [0.29, 0.717) is 45.7 Å². The number of rotatable bonds is 14. The van der Waals surface area contributed by atoms with Gasteiger partial charge in [-0.15, -0.1) is 11.8 Å². The number of carbonyl (C=O) groups excluding carboxylic acids is 3. The van der Waals surface area contributed by atoms with Crippen LogP contribution in [0.25, 0.3) is 6.08 Å². The summed E-state index contributed by atoms with van der Waals surface area (Å²) in [6, 6.07) is 36.5. The maximum absolute atomic E-state index is 13.9. The molecule has 0 aliphatic carbocycles. The fourth-order valence-corrected chi connectivity index (χ4v) is 6.39. The minimum absolute atomic E-state index is 0.0394. The van der Waals surface area contributed by atoms with Gasteiger partial charge < -0.3 is 30.2 Å². The van der Waals surface area contributed by atoms with E-state index in [1.165, 1.54) is 44.7 Å². The summed E-state index contributed by atoms with van der Waals surface area (Å²) < 4.78 is 16.5. The first-order valence-electron chi connectivity index (χ1n) is 16.6. The molecule has 52 heavy (non-hydrogen) atoms. The van der Waals surface area contributed by atoms with E-state index in [1.54, 1.807) is 60.7 Å². The van der Waals surface area contributed by atoms with Crippen LogP contribution in [0.2, 0.25) is 0 Å². The molecule has 0 aromatic heterocycles. The first-order valence-corrected chi connectivity index (χ1v) is 17.5. The molecule has 5 aromatic carbocycles. The maximum atomic E-state index is 13.9. The van der Waals surface area contributed by atoms with Crippen LogP contribution in [0.15, 0.2) is 132 Å². The Morgan fingerprint density at radius 1 is 0.635 bits per heavy atom. The molecule has 0 saturated heterocycles. The molecule has 5 aromatic rings. The summed E-state index contributed by atoms with van der Waals surface area (Å²) >= 11 is 1.36. The van der Waals surface area contributed by atoms with Crippen molar-refractivity contribution in [2.45, 2.75) is 29.9 Å². The average Bonchev–Trinajstić information content (AvgIpc) is 3.17. The maximum Gasteiger partial charge on any atom is 0.272 e. The second kappa shape index (κ2) is 17.8. The Labute approximate surface area is 308 Å². The van der Waals surface area contributed by atoms with Gasteiger partial charge in [-0.1, -0.05) is 80.6 Å². The third-order valence-electron chi connectivity index (χ3n) is 8.10. The molecule has 0 saturated carbocycles. The Kier molecular flexibility index (Phi) is 12.7. The molecule has 0 bridgehead atoms. The predicted octanol–water partition coefficient (Wildman–Crippen LogP) is 8.72. The SMILES string of the molecule is COc1cc(OC)c(OC)cc1/C=C(/NC(=O)c1ccccc1)C(=O)Nc1cccc(SC(C(=O)Nc2ccc(C(C)C)cc2)c2ccccc2)c1. The minimum atomic E-state index is -0.588. The molecule has 0 aliphatic heterocycles. The van der Waals surface area contributed by atoms with Gasteiger partial charge in [0, 0.05) is 33.5 Å². The number of amides is 3. The van der Waals surface area contributed by atoms with Gasteiger partial charge in [0.2, 0.25) is 5.91 Å². The summed E-state index contributed by atoms with van der Waals surface area (Å²) in [6.45, 7) is 4.25. The third kappa shape index (κ3) is 9.61. The summed E-state index contributed by atoms with van der Waals surface area (Å²) in [4.78, 5) is 41.7. The fourth-order valence-electron chi connectivity index (χ4n) is 5.31. The number of thioether (sulfide) groups is 1. The molecule has 1 atom stereocenters. The van der Waals surface area contributed by atoms with Crippen molar-refractivity contribution < 1.29 is 28.6 Å². The molecule has 0 spiro atoms. The lowest BCUT2D eigenvalue weighted by atomic mass is 10.0. The van der Waals surface area contributed by atoms with Crippen molar-refractivity contribution in [2.75, 3.05) is 32.0 Å². The molecular weight excluding hydrogens is 675 g/mol. The summed E-state index contributed by atoms with van der Waals surface area (Å²) in [5.41, 5.74) is 3.99. The molecule has 0 fully saturated rings. The number of nitrogens with one attached hydrogen (secondary N) is 3. The first-order chi connectivity index (χ1) is 25.2. The van der Waals surface area contributed by atoms with Crippen molar-refractivity contribution >= 4 is 46.9 Å². The Hall–Kier alpha value is -6.00. The van der Waals surface area contributed by atoms with Crippen LogP contribution in [-0.2, 0) is 9.59 Å². The van der Waals surface area contributed by atoms with Crippen molar-refractivity contribution in [3.8, 4) is 17.2 Å². The zero-order chi connectivity index (χ0) is 37.0. The molecule has 9 nitrogen and oxygen atoms in total. The van der Waals surface area contributed by atoms with E-state index in [0.717, 1.165) is 10.5 Å². The molecule has 1 unspecified atom stereocenters. The van der Waals surface area contributed by atoms with Crippen molar-refractivity contribution in [2.24, 2.45) is 0 Å². The highest BCUT2D eigenvalue weighted by atomic mass is 32.2. The normalized spacial score (nSPS) is 11.7. The van der Waals surface area contributed by atoms with E-state index in [4.69, 9.17) is 14.2 Å². The highest BCUT2D eigenvalue weighted by Gasteiger charge is 2.23. The van der Waals surface area contributed by atoms with Gasteiger partial charge in [0.1, 0.15) is 16.7 Å². The third-order valence-corrected chi connectivity index (χ3v) is 9.34. The van der Waals surface area contributed by atoms with Crippen molar-refractivity contribution in [1.29, 1.82) is 0 Å². The van der Waals surface area contributed by atoms with Gasteiger partial charge in [0.05, 0.1) is 21.3 Å². The molecule has 0 heterocycles. The molecular formula is C42H41N3O6S. The number of hydrogen-bond acceptors (Lipinski definition) is 7. The van der Waals surface area contributed by atoms with Crippen molar-refractivity contribution in [3.05, 3.63) is 149 Å². The topological polar surface area (TPSA) is 115 Å². The number of anilines is 2. The van der Waals surface area contributed by atoms with E-state index in [1.807, 2.05) is 60.7 Å². The molecule has 3 N–H and O–H groups in total. The number of ether oxygens (including phenoxy) is 3. The monoisotopic (exact) mass is 715 g/mol. The standard InChI is InChI=1S/C42H41N3O6S/c1-27(2)28-19-21-32(22-20-28)43-42(48)39(29-13-8-6-9-14-29)52-34-18-12-17-33(25-34)44-41(47)35(45-40(46)30-15-10-7-11-16-30)23-31-24-37(50-4)38(51-5)26-36(31)49-3/h6-27,39H,1-5H3,(H,43,48)(H,44,47)(H,45,46)/b35-23+. The predicted molar refractivity (Wildman–Crippen MR) is 207 cm³/mol. The second-order valence-electron chi connectivity index (χ2n) is 12.0. The van der Waals surface area contributed by atoms with E-state index in [-0.39, 0.29) is 11.6 Å². The molecule has 3 amide bonds. The van der Waals surface area contributed by atoms with E-state index < -0.39 is 17.1 Å². The van der Waals surface area contributed by atoms with Crippen LogP contribution < -0.4 is 30.2 Å². The van der Waals surface area contributed by atoms with Crippen LogP contribution in [0.5, 0.6) is 17.2 Å². The highest BCUT2D eigenvalue weighted by Crippen LogP contribution is 2.38. The van der Waals surface area contributed by atoms with Crippen LogP contribution in [0, 0.1) is 0 Å². The highest BCUT2D eigenvalue weighted by molar-refractivity contribution is 8.00. The van der Waals surface area contributed by atoms with Gasteiger partial charge in [-0.25, -0.2) is 0 Å². The summed E-state index contributed by atoms with van der Waals surface area (Å²) in [7, 11) is 4.51. The van der Waals surface area contributed by atoms with Crippen LogP contribution in [0.1, 0.15) is 52.1 Å². The zero-order valence-corrected chi connectivity index (χ0v) is 30.5. The van der Waals surface area contributed by atoms with Gasteiger partial charge in [0.25, 0.3) is 11.8 Å². The Bertz CT molecular complexity index is 2030. The molecule has 266 valence electrons. The van der Waals surface area contributed by atoms with Crippen LogP contribution in [-0.4, -0.2) is 39.1 Å². The fraction of sp³-hybridized carbons (Fsp3) is 0.167. The Morgan fingerprint density at radius 2 is 1.27 bits per heavy atom. The second-order valence-corrected chi connectivity index (χ2v) is 13.2. The molecule has 0 aliphatic rings. The van der Waals surface area contributed by atoms with Gasteiger partial charge in [0.15, 0.2) is 11.5 Å². The summed E-state index contributed by atoms with van der Waals surface area (Å²) in [5, 5.41) is 8.15. The summed E-state index contributed by atoms with van der Waals surface area (Å²) in [6.07, 6.45) is 1.51. The van der Waals surface area contributed by atoms with Crippen LogP contribution in [0.3, 0.4) is 0 Å². The molecule has 5 rings (SSSR count). The zero-order valence-electron chi connectivity index (χ0n) is 29.6.